The molecule has 1 aliphatic heterocycles. The quantitative estimate of drug-likeness (QED) is 0.229. The molecule has 1 aliphatic rings. The summed E-state index contributed by atoms with van der Waals surface area (Å²) in [6.45, 7) is 4.73. The summed E-state index contributed by atoms with van der Waals surface area (Å²) in [5.74, 6) is 4.23. The molecule has 0 radical (unpaired) electrons. The number of fused-ring (bicyclic) bond motifs is 1. The van der Waals surface area contributed by atoms with E-state index in [1.54, 1.807) is 37.3 Å². The van der Waals surface area contributed by atoms with Crippen LogP contribution in [0.1, 0.15) is 5.69 Å². The molecule has 0 amide bonds. The molecule has 0 spiro atoms. The van der Waals surface area contributed by atoms with E-state index in [1.165, 1.54) is 0 Å². The molecule has 0 aliphatic carbocycles. The Bertz CT molecular complexity index is 1330. The maximum Gasteiger partial charge on any atom is 0.231 e. The smallest absolute Gasteiger partial charge is 0.231 e. The molecule has 8 nitrogen and oxygen atoms in total. The van der Waals surface area contributed by atoms with Crippen LogP contribution in [0.25, 0.3) is 22.0 Å². The second-order valence-electron chi connectivity index (χ2n) is 7.28. The van der Waals surface area contributed by atoms with Gasteiger partial charge in [0.2, 0.25) is 6.79 Å². The molecule has 0 saturated carbocycles. The van der Waals surface area contributed by atoms with E-state index in [-0.39, 0.29) is 6.79 Å². The van der Waals surface area contributed by atoms with Crippen molar-refractivity contribution >= 4 is 23.1 Å². The van der Waals surface area contributed by atoms with Crippen molar-refractivity contribution in [2.45, 2.75) is 17.5 Å². The zero-order valence-electron chi connectivity index (χ0n) is 18.7. The van der Waals surface area contributed by atoms with Crippen LogP contribution in [0.4, 0.5) is 0 Å². The highest BCUT2D eigenvalue weighted by molar-refractivity contribution is 7.98. The number of rotatable bonds is 9. The molecule has 3 heterocycles. The van der Waals surface area contributed by atoms with Crippen molar-refractivity contribution in [1.82, 2.24) is 19.7 Å². The Labute approximate surface area is 205 Å². The Morgan fingerprint density at radius 3 is 2.71 bits per heavy atom. The lowest BCUT2D eigenvalue weighted by Gasteiger charge is -2.11. The van der Waals surface area contributed by atoms with Gasteiger partial charge in [0, 0.05) is 28.8 Å². The molecule has 0 N–H and O–H groups in total. The van der Waals surface area contributed by atoms with E-state index in [0.29, 0.717) is 23.8 Å². The van der Waals surface area contributed by atoms with E-state index >= 15 is 0 Å². The lowest BCUT2D eigenvalue weighted by Crippen LogP contribution is -2.01. The van der Waals surface area contributed by atoms with Gasteiger partial charge in [-0.15, -0.1) is 28.1 Å². The molecule has 0 saturated heterocycles. The normalized spacial score (nSPS) is 12.1. The van der Waals surface area contributed by atoms with Gasteiger partial charge in [0.05, 0.1) is 19.9 Å². The SMILES string of the molecule is C=CCn1c(SCc2csc(-c3ccc4c(c3)OCO4)n2)nnc1-c1ccc(OC)c(OC)c1. The highest BCUT2D eigenvalue weighted by atomic mass is 32.2. The summed E-state index contributed by atoms with van der Waals surface area (Å²) in [7, 11) is 3.23. The first-order chi connectivity index (χ1) is 16.7. The van der Waals surface area contributed by atoms with Crippen LogP contribution < -0.4 is 18.9 Å². The molecule has 2 aromatic carbocycles. The van der Waals surface area contributed by atoms with Gasteiger partial charge in [0.25, 0.3) is 0 Å². The van der Waals surface area contributed by atoms with Crippen LogP contribution in [0.3, 0.4) is 0 Å². The van der Waals surface area contributed by atoms with Gasteiger partial charge in [-0.25, -0.2) is 4.98 Å². The van der Waals surface area contributed by atoms with Crippen LogP contribution in [-0.4, -0.2) is 40.8 Å². The van der Waals surface area contributed by atoms with Gasteiger partial charge in [0.15, 0.2) is 34.0 Å². The van der Waals surface area contributed by atoms with Crippen LogP contribution >= 0.6 is 23.1 Å². The molecule has 0 fully saturated rings. The van der Waals surface area contributed by atoms with Crippen LogP contribution in [0, 0.1) is 0 Å². The minimum absolute atomic E-state index is 0.259. The van der Waals surface area contributed by atoms with Crippen molar-refractivity contribution in [2.75, 3.05) is 21.0 Å². The lowest BCUT2D eigenvalue weighted by molar-refractivity contribution is 0.174. The standard InChI is InChI=1S/C24H22N4O4S2/c1-4-9-28-22(15-5-7-18(29-2)20(10-15)30-3)26-27-24(28)34-13-17-12-33-23(25-17)16-6-8-19-21(11-16)32-14-31-19/h4-8,10-12H,1,9,13-14H2,2-3H3. The van der Waals surface area contributed by atoms with E-state index in [2.05, 4.69) is 22.2 Å². The fraction of sp³-hybridized carbons (Fsp3) is 0.208. The van der Waals surface area contributed by atoms with Gasteiger partial charge in [-0.1, -0.05) is 17.8 Å². The van der Waals surface area contributed by atoms with Gasteiger partial charge in [-0.2, -0.15) is 0 Å². The minimum Gasteiger partial charge on any atom is -0.493 e. The highest BCUT2D eigenvalue weighted by Crippen LogP contribution is 2.37. The summed E-state index contributed by atoms with van der Waals surface area (Å²) in [4.78, 5) is 4.80. The number of thioether (sulfide) groups is 1. The largest absolute Gasteiger partial charge is 0.493 e. The van der Waals surface area contributed by atoms with Gasteiger partial charge in [-0.3, -0.25) is 4.57 Å². The number of methoxy groups -OCH3 is 2. The fourth-order valence-electron chi connectivity index (χ4n) is 3.55. The Hall–Kier alpha value is -3.50. The van der Waals surface area contributed by atoms with Gasteiger partial charge < -0.3 is 18.9 Å². The maximum atomic E-state index is 5.48. The van der Waals surface area contributed by atoms with Crippen molar-refractivity contribution in [3.63, 3.8) is 0 Å². The maximum absolute atomic E-state index is 5.48. The molecule has 4 aromatic rings. The molecule has 34 heavy (non-hydrogen) atoms. The van der Waals surface area contributed by atoms with Gasteiger partial charge in [0.1, 0.15) is 5.01 Å². The molecule has 2 aromatic heterocycles. The van der Waals surface area contributed by atoms with Crippen molar-refractivity contribution in [1.29, 1.82) is 0 Å². The second-order valence-corrected chi connectivity index (χ2v) is 9.08. The Morgan fingerprint density at radius 2 is 1.88 bits per heavy atom. The first kappa shape index (κ1) is 22.3. The molecule has 0 atom stereocenters. The monoisotopic (exact) mass is 494 g/mol. The number of benzene rings is 2. The zero-order chi connectivity index (χ0) is 23.5. The van der Waals surface area contributed by atoms with Crippen LogP contribution in [-0.2, 0) is 12.3 Å². The molecule has 174 valence electrons. The van der Waals surface area contributed by atoms with Gasteiger partial charge >= 0.3 is 0 Å². The lowest BCUT2D eigenvalue weighted by atomic mass is 10.2. The van der Waals surface area contributed by atoms with Crippen molar-refractivity contribution in [2.24, 2.45) is 0 Å². The molecule has 5 rings (SSSR count). The number of aromatic nitrogens is 4. The Morgan fingerprint density at radius 1 is 1.06 bits per heavy atom. The average Bonchev–Trinajstić information content (AvgIpc) is 3.62. The van der Waals surface area contributed by atoms with Crippen LogP contribution in [0.15, 0.2) is 59.6 Å². The molecule has 0 unspecified atom stereocenters. The number of thiazole rings is 1. The predicted molar refractivity (Wildman–Crippen MR) is 132 cm³/mol. The van der Waals surface area contributed by atoms with Gasteiger partial charge in [-0.05, 0) is 36.4 Å². The summed E-state index contributed by atoms with van der Waals surface area (Å²) in [6.07, 6.45) is 1.83. The summed E-state index contributed by atoms with van der Waals surface area (Å²) >= 11 is 3.19. The van der Waals surface area contributed by atoms with Crippen molar-refractivity contribution < 1.29 is 18.9 Å². The number of hydrogen-bond acceptors (Lipinski definition) is 9. The van der Waals surface area contributed by atoms with E-state index in [4.69, 9.17) is 23.9 Å². The summed E-state index contributed by atoms with van der Waals surface area (Å²) in [5, 5.41) is 12.7. The summed E-state index contributed by atoms with van der Waals surface area (Å²) in [6, 6.07) is 11.6. The number of nitrogens with zero attached hydrogens (tertiary/aromatic N) is 4. The predicted octanol–water partition coefficient (Wildman–Crippen LogP) is 5.29. The number of allylic oxidation sites excluding steroid dienone is 1. The third-order valence-corrected chi connectivity index (χ3v) is 7.13. The van der Waals surface area contributed by atoms with E-state index in [0.717, 1.165) is 44.3 Å². The molecule has 10 heteroatoms. The third kappa shape index (κ3) is 4.34. The Kier molecular flexibility index (Phi) is 6.41. The zero-order valence-corrected chi connectivity index (χ0v) is 20.3. The highest BCUT2D eigenvalue weighted by Gasteiger charge is 2.18. The van der Waals surface area contributed by atoms with Crippen molar-refractivity contribution in [3.8, 4) is 45.0 Å². The van der Waals surface area contributed by atoms with Crippen LogP contribution in [0.5, 0.6) is 23.0 Å². The molecule has 0 bridgehead atoms. The first-order valence-electron chi connectivity index (χ1n) is 10.4. The molecular weight excluding hydrogens is 472 g/mol. The summed E-state index contributed by atoms with van der Waals surface area (Å²) in [5.41, 5.74) is 2.87. The van der Waals surface area contributed by atoms with Crippen LogP contribution in [0.2, 0.25) is 0 Å². The topological polar surface area (TPSA) is 80.5 Å². The van der Waals surface area contributed by atoms with E-state index in [9.17, 15) is 0 Å². The fourth-order valence-corrected chi connectivity index (χ4v) is 5.31. The average molecular weight is 495 g/mol. The number of ether oxygens (including phenoxy) is 4. The second kappa shape index (κ2) is 9.78. The first-order valence-corrected chi connectivity index (χ1v) is 12.3. The number of hydrogen-bond donors (Lipinski definition) is 0. The Balaban J connectivity index is 1.35. The molecular formula is C24H22N4O4S2. The third-order valence-electron chi connectivity index (χ3n) is 5.19. The van der Waals surface area contributed by atoms with Crippen molar-refractivity contribution in [3.05, 3.63) is 60.1 Å². The summed E-state index contributed by atoms with van der Waals surface area (Å²) < 4.78 is 23.7. The minimum atomic E-state index is 0.259. The van der Waals surface area contributed by atoms with E-state index in [1.807, 2.05) is 47.0 Å². The van der Waals surface area contributed by atoms with E-state index < -0.39 is 0 Å².